The van der Waals surface area contributed by atoms with Crippen LogP contribution in [-0.4, -0.2) is 21.0 Å². The SMILES string of the molecule is CC1=CC2=N[C@@H](c3ccccc3)[C@@H](c3onc(C)c3[N+](=O)[O-])[C@@H](c3ccc(Cl)cc3)N2O1. The van der Waals surface area contributed by atoms with Gasteiger partial charge in [-0.3, -0.25) is 15.1 Å². The highest BCUT2D eigenvalue weighted by molar-refractivity contribution is 6.30. The molecule has 2 aliphatic rings. The van der Waals surface area contributed by atoms with Gasteiger partial charge in [-0.25, -0.2) is 0 Å². The van der Waals surface area contributed by atoms with E-state index in [9.17, 15) is 10.1 Å². The van der Waals surface area contributed by atoms with E-state index in [1.165, 1.54) is 0 Å². The molecule has 3 atom stereocenters. The van der Waals surface area contributed by atoms with Crippen molar-refractivity contribution in [3.63, 3.8) is 0 Å². The van der Waals surface area contributed by atoms with Crippen molar-refractivity contribution in [1.82, 2.24) is 10.2 Å². The molecule has 3 aromatic rings. The summed E-state index contributed by atoms with van der Waals surface area (Å²) in [5.74, 6) is 0.908. The first-order chi connectivity index (χ1) is 15.4. The summed E-state index contributed by atoms with van der Waals surface area (Å²) in [6.07, 6.45) is 1.86. The van der Waals surface area contributed by atoms with E-state index >= 15 is 0 Å². The summed E-state index contributed by atoms with van der Waals surface area (Å²) >= 11 is 6.14. The van der Waals surface area contributed by atoms with Crippen molar-refractivity contribution >= 4 is 23.1 Å². The first-order valence-corrected chi connectivity index (χ1v) is 10.5. The van der Waals surface area contributed by atoms with Gasteiger partial charge in [0.1, 0.15) is 11.8 Å². The number of aryl methyl sites for hydroxylation is 1. The van der Waals surface area contributed by atoms with Crippen molar-refractivity contribution in [1.29, 1.82) is 0 Å². The van der Waals surface area contributed by atoms with Crippen LogP contribution in [0.15, 0.2) is 75.9 Å². The lowest BCUT2D eigenvalue weighted by Gasteiger charge is -2.40. The largest absolute Gasteiger partial charge is 0.382 e. The maximum Gasteiger partial charge on any atom is 0.334 e. The Kier molecular flexibility index (Phi) is 4.94. The average Bonchev–Trinajstić information content (AvgIpc) is 3.35. The van der Waals surface area contributed by atoms with Gasteiger partial charge < -0.3 is 9.36 Å². The second-order valence-corrected chi connectivity index (χ2v) is 8.21. The molecule has 2 aromatic carbocycles. The molecule has 0 saturated carbocycles. The summed E-state index contributed by atoms with van der Waals surface area (Å²) in [7, 11) is 0. The molecule has 0 aliphatic carbocycles. The van der Waals surface area contributed by atoms with Gasteiger partial charge in [-0.2, -0.15) is 5.06 Å². The van der Waals surface area contributed by atoms with Gasteiger partial charge in [0.2, 0.25) is 5.76 Å². The maximum absolute atomic E-state index is 12.0. The summed E-state index contributed by atoms with van der Waals surface area (Å²) in [6, 6.07) is 16.1. The van der Waals surface area contributed by atoms with Gasteiger partial charge in [-0.05, 0) is 37.1 Å². The van der Waals surface area contributed by atoms with Crippen molar-refractivity contribution in [3.05, 3.63) is 104 Å². The second-order valence-electron chi connectivity index (χ2n) is 7.78. The zero-order valence-corrected chi connectivity index (χ0v) is 18.1. The Bertz CT molecular complexity index is 1240. The molecule has 0 unspecified atom stereocenters. The van der Waals surface area contributed by atoms with E-state index in [-0.39, 0.29) is 17.1 Å². The summed E-state index contributed by atoms with van der Waals surface area (Å²) in [5.41, 5.74) is 1.85. The van der Waals surface area contributed by atoms with E-state index < -0.39 is 22.9 Å². The number of rotatable bonds is 4. The van der Waals surface area contributed by atoms with Crippen LogP contribution in [0.5, 0.6) is 0 Å². The Morgan fingerprint density at radius 2 is 1.78 bits per heavy atom. The third-order valence-electron chi connectivity index (χ3n) is 5.70. The fraction of sp³-hybridized carbons (Fsp3) is 0.217. The van der Waals surface area contributed by atoms with Gasteiger partial charge in [-0.1, -0.05) is 59.2 Å². The molecular weight excluding hydrogens is 432 g/mol. The van der Waals surface area contributed by atoms with Gasteiger partial charge in [0.15, 0.2) is 11.5 Å². The monoisotopic (exact) mass is 450 g/mol. The summed E-state index contributed by atoms with van der Waals surface area (Å²) < 4.78 is 5.61. The number of hydroxylamine groups is 2. The van der Waals surface area contributed by atoms with Gasteiger partial charge in [0.05, 0.1) is 16.9 Å². The molecule has 2 aliphatic heterocycles. The Hall–Kier alpha value is -3.65. The average molecular weight is 451 g/mol. The summed E-state index contributed by atoms with van der Waals surface area (Å²) in [4.78, 5) is 22.4. The van der Waals surface area contributed by atoms with Crippen LogP contribution >= 0.6 is 11.6 Å². The van der Waals surface area contributed by atoms with Crippen LogP contribution in [0.4, 0.5) is 5.69 Å². The molecule has 0 N–H and O–H groups in total. The number of hydrogen-bond donors (Lipinski definition) is 0. The highest BCUT2D eigenvalue weighted by atomic mass is 35.5. The van der Waals surface area contributed by atoms with E-state index in [2.05, 4.69) is 5.16 Å². The Labute approximate surface area is 188 Å². The number of fused-ring (bicyclic) bond motifs is 1. The van der Waals surface area contributed by atoms with Crippen LogP contribution in [-0.2, 0) is 4.84 Å². The topological polar surface area (TPSA) is 94.0 Å². The molecule has 32 heavy (non-hydrogen) atoms. The highest BCUT2D eigenvalue weighted by Gasteiger charge is 2.49. The molecule has 0 amide bonds. The molecule has 9 heteroatoms. The van der Waals surface area contributed by atoms with E-state index in [0.29, 0.717) is 16.6 Å². The van der Waals surface area contributed by atoms with Crippen molar-refractivity contribution in [2.75, 3.05) is 0 Å². The fourth-order valence-corrected chi connectivity index (χ4v) is 4.48. The standard InChI is InChI=1S/C23H19ClN4O4/c1-13-12-18-25-20(15-6-4-3-5-7-15)19(23-21(28(29)30)14(2)26-31-23)22(27(18)32-13)16-8-10-17(24)11-9-16/h3-12,19-20,22H,1-2H3/t19-,20+,22-/m1/s1. The smallest absolute Gasteiger partial charge is 0.334 e. The van der Waals surface area contributed by atoms with Crippen molar-refractivity contribution in [3.8, 4) is 0 Å². The lowest BCUT2D eigenvalue weighted by Crippen LogP contribution is -2.40. The van der Waals surface area contributed by atoms with Crippen LogP contribution in [0.25, 0.3) is 0 Å². The maximum atomic E-state index is 12.0. The Morgan fingerprint density at radius 3 is 2.47 bits per heavy atom. The second kappa shape index (κ2) is 7.80. The number of amidine groups is 1. The third-order valence-corrected chi connectivity index (χ3v) is 5.95. The van der Waals surface area contributed by atoms with Crippen LogP contribution < -0.4 is 0 Å². The number of allylic oxidation sites excluding steroid dienone is 1. The molecule has 162 valence electrons. The minimum Gasteiger partial charge on any atom is -0.382 e. The Morgan fingerprint density at radius 1 is 1.06 bits per heavy atom. The van der Waals surface area contributed by atoms with E-state index in [0.717, 1.165) is 11.1 Å². The van der Waals surface area contributed by atoms with E-state index in [4.69, 9.17) is 26.0 Å². The number of aliphatic imine (C=N–C) groups is 1. The molecule has 5 rings (SSSR count). The van der Waals surface area contributed by atoms with E-state index in [1.807, 2.05) is 55.5 Å². The first-order valence-electron chi connectivity index (χ1n) is 10.1. The molecule has 8 nitrogen and oxygen atoms in total. The van der Waals surface area contributed by atoms with Gasteiger partial charge in [0.25, 0.3) is 0 Å². The molecule has 0 radical (unpaired) electrons. The van der Waals surface area contributed by atoms with Crippen molar-refractivity contribution in [2.45, 2.75) is 31.8 Å². The van der Waals surface area contributed by atoms with Crippen LogP contribution in [0, 0.1) is 17.0 Å². The van der Waals surface area contributed by atoms with E-state index in [1.54, 1.807) is 24.1 Å². The molecule has 0 bridgehead atoms. The molecule has 0 spiro atoms. The zero-order valence-electron chi connectivity index (χ0n) is 17.3. The molecule has 1 aromatic heterocycles. The van der Waals surface area contributed by atoms with Gasteiger partial charge in [-0.15, -0.1) is 0 Å². The van der Waals surface area contributed by atoms with Crippen molar-refractivity contribution in [2.24, 2.45) is 4.99 Å². The predicted octanol–water partition coefficient (Wildman–Crippen LogP) is 5.67. The molecule has 0 saturated heterocycles. The summed E-state index contributed by atoms with van der Waals surface area (Å²) in [6.45, 7) is 3.41. The molecule has 3 heterocycles. The number of hydrogen-bond acceptors (Lipinski definition) is 7. The van der Waals surface area contributed by atoms with Gasteiger partial charge in [0, 0.05) is 11.1 Å². The predicted molar refractivity (Wildman–Crippen MR) is 118 cm³/mol. The Balaban J connectivity index is 1.77. The lowest BCUT2D eigenvalue weighted by atomic mass is 9.80. The van der Waals surface area contributed by atoms with Crippen LogP contribution in [0.1, 0.15) is 47.5 Å². The zero-order chi connectivity index (χ0) is 22.4. The summed E-state index contributed by atoms with van der Waals surface area (Å²) in [5, 5.41) is 18.2. The quantitative estimate of drug-likeness (QED) is 0.375. The van der Waals surface area contributed by atoms with Crippen molar-refractivity contribution < 1.29 is 14.3 Å². The molecular formula is C23H19ClN4O4. The van der Waals surface area contributed by atoms with Crippen LogP contribution in [0.2, 0.25) is 5.02 Å². The minimum absolute atomic E-state index is 0.141. The first kappa shape index (κ1) is 20.3. The lowest BCUT2D eigenvalue weighted by molar-refractivity contribution is -0.387. The highest BCUT2D eigenvalue weighted by Crippen LogP contribution is 2.53. The molecule has 0 fully saturated rings. The third kappa shape index (κ3) is 3.33. The number of halogens is 1. The number of aromatic nitrogens is 1. The number of benzene rings is 2. The fourth-order valence-electron chi connectivity index (χ4n) is 4.35. The minimum atomic E-state index is -0.580. The van der Waals surface area contributed by atoms with Crippen LogP contribution in [0.3, 0.4) is 0 Å². The number of nitro groups is 1. The van der Waals surface area contributed by atoms with Gasteiger partial charge >= 0.3 is 5.69 Å². The normalized spacial score (nSPS) is 22.1. The number of nitrogens with zero attached hydrogens (tertiary/aromatic N) is 4.